The number of aromatic nitrogens is 3. The second kappa shape index (κ2) is 7.98. The molecule has 110 valence electrons. The van der Waals surface area contributed by atoms with Gasteiger partial charge in [0, 0.05) is 38.5 Å². The van der Waals surface area contributed by atoms with Gasteiger partial charge in [-0.3, -0.25) is 9.97 Å². The van der Waals surface area contributed by atoms with Crippen LogP contribution in [0.3, 0.4) is 0 Å². The van der Waals surface area contributed by atoms with Crippen molar-refractivity contribution in [1.82, 2.24) is 15.0 Å². The van der Waals surface area contributed by atoms with Gasteiger partial charge in [0.2, 0.25) is 0 Å². The monoisotopic (exact) mass is 478 g/mol. The second-order valence-corrected chi connectivity index (χ2v) is 4.42. The van der Waals surface area contributed by atoms with E-state index in [9.17, 15) is 0 Å². The van der Waals surface area contributed by atoms with Gasteiger partial charge in [-0.25, -0.2) is 4.98 Å². The number of hydrogen-bond donors (Lipinski definition) is 0. The fourth-order valence-corrected chi connectivity index (χ4v) is 1.99. The Morgan fingerprint density at radius 2 is 1.19 bits per heavy atom. The van der Waals surface area contributed by atoms with Gasteiger partial charge in [0.05, 0.1) is 22.8 Å². The van der Waals surface area contributed by atoms with Crippen molar-refractivity contribution < 1.29 is 21.1 Å². The summed E-state index contributed by atoms with van der Waals surface area (Å²) < 4.78 is 0. The molecule has 0 atom stereocenters. The predicted octanol–water partition coefficient (Wildman–Crippen LogP) is 4.57. The Morgan fingerprint density at radius 3 is 1.57 bits per heavy atom. The molecule has 3 aromatic rings. The van der Waals surface area contributed by atoms with Crippen LogP contribution in [0.2, 0.25) is 5.02 Å². The Balaban J connectivity index is 0.00000110. The molecule has 21 heavy (non-hydrogen) atoms. The van der Waals surface area contributed by atoms with Crippen LogP contribution >= 0.6 is 11.6 Å². The minimum atomic E-state index is 0. The van der Waals surface area contributed by atoms with E-state index in [2.05, 4.69) is 15.0 Å². The van der Waals surface area contributed by atoms with Gasteiger partial charge in [0.15, 0.2) is 0 Å². The van der Waals surface area contributed by atoms with E-state index in [0.717, 1.165) is 22.8 Å². The van der Waals surface area contributed by atoms with Crippen molar-refractivity contribution in [2.75, 3.05) is 0 Å². The first kappa shape index (κ1) is 17.4. The standard InChI is InChI=1S/C15H10ClN3.H2N.Pt/c16-11-9-14(12-5-1-3-7-17-12)19-15(10-11)13-6-2-4-8-18-13;;/h1-10H;1H2;/q;-1;. The van der Waals surface area contributed by atoms with Gasteiger partial charge >= 0.3 is 0 Å². The van der Waals surface area contributed by atoms with Crippen LogP contribution in [0.5, 0.6) is 0 Å². The molecular weight excluding hydrogens is 467 g/mol. The number of pyridine rings is 3. The van der Waals surface area contributed by atoms with Crippen LogP contribution in [0, 0.1) is 0 Å². The van der Waals surface area contributed by atoms with Crippen LogP contribution in [-0.2, 0) is 21.1 Å². The van der Waals surface area contributed by atoms with Crippen molar-refractivity contribution in [2.45, 2.75) is 0 Å². The Morgan fingerprint density at radius 1 is 0.714 bits per heavy atom. The summed E-state index contributed by atoms with van der Waals surface area (Å²) in [4.78, 5) is 13.1. The normalized spacial score (nSPS) is 9.38. The van der Waals surface area contributed by atoms with Crippen molar-refractivity contribution in [2.24, 2.45) is 0 Å². The molecule has 0 aromatic carbocycles. The van der Waals surface area contributed by atoms with Crippen LogP contribution in [0.25, 0.3) is 28.9 Å². The van der Waals surface area contributed by atoms with E-state index >= 15 is 0 Å². The van der Waals surface area contributed by atoms with Crippen molar-refractivity contribution in [3.05, 3.63) is 72.1 Å². The topological polar surface area (TPSA) is 72.2 Å². The maximum atomic E-state index is 6.15. The van der Waals surface area contributed by atoms with E-state index in [0.29, 0.717) is 5.02 Å². The first-order valence-electron chi connectivity index (χ1n) is 5.83. The van der Waals surface area contributed by atoms with Gasteiger partial charge in [-0.05, 0) is 36.4 Å². The molecule has 3 heterocycles. The average Bonchev–Trinajstić information content (AvgIpc) is 2.48. The largest absolute Gasteiger partial charge is 0.693 e. The SMILES string of the molecule is Clc1cc(-c2ccccn2)nc(-c2ccccn2)c1.[NH2-].[Pt]. The third kappa shape index (κ3) is 4.18. The van der Waals surface area contributed by atoms with Gasteiger partial charge in [0.1, 0.15) is 0 Å². The molecule has 4 nitrogen and oxygen atoms in total. The van der Waals surface area contributed by atoms with Crippen LogP contribution in [0.1, 0.15) is 0 Å². The van der Waals surface area contributed by atoms with Gasteiger partial charge in [-0.1, -0.05) is 23.7 Å². The number of halogens is 1. The summed E-state index contributed by atoms with van der Waals surface area (Å²) in [7, 11) is 0. The summed E-state index contributed by atoms with van der Waals surface area (Å²) >= 11 is 6.15. The van der Waals surface area contributed by atoms with E-state index in [1.165, 1.54) is 0 Å². The van der Waals surface area contributed by atoms with Gasteiger partial charge in [-0.2, -0.15) is 0 Å². The molecule has 0 aliphatic heterocycles. The Labute approximate surface area is 142 Å². The van der Waals surface area contributed by atoms with Gasteiger partial charge in [-0.15, -0.1) is 0 Å². The predicted molar refractivity (Wildman–Crippen MR) is 81.0 cm³/mol. The maximum Gasteiger partial charge on any atom is 0.0909 e. The molecule has 0 unspecified atom stereocenters. The fraction of sp³-hybridized carbons (Fsp3) is 0. The van der Waals surface area contributed by atoms with Crippen LogP contribution < -0.4 is 0 Å². The molecule has 0 aliphatic carbocycles. The Kier molecular flexibility index (Phi) is 6.63. The molecule has 0 saturated heterocycles. The Bertz CT molecular complexity index is 635. The minimum absolute atomic E-state index is 0. The molecule has 0 spiro atoms. The van der Waals surface area contributed by atoms with Crippen LogP contribution in [-0.4, -0.2) is 15.0 Å². The third-order valence-electron chi connectivity index (χ3n) is 2.64. The van der Waals surface area contributed by atoms with E-state index in [1.54, 1.807) is 24.5 Å². The van der Waals surface area contributed by atoms with Gasteiger partial charge in [0.25, 0.3) is 0 Å². The van der Waals surface area contributed by atoms with E-state index in [-0.39, 0.29) is 27.2 Å². The molecule has 0 fully saturated rings. The van der Waals surface area contributed by atoms with Crippen molar-refractivity contribution in [3.63, 3.8) is 0 Å². The van der Waals surface area contributed by atoms with Gasteiger partial charge < -0.3 is 6.15 Å². The van der Waals surface area contributed by atoms with Crippen LogP contribution in [0.15, 0.2) is 60.9 Å². The minimum Gasteiger partial charge on any atom is -0.693 e. The molecule has 0 radical (unpaired) electrons. The second-order valence-electron chi connectivity index (χ2n) is 3.99. The summed E-state index contributed by atoms with van der Waals surface area (Å²) in [5.41, 5.74) is 3.08. The summed E-state index contributed by atoms with van der Waals surface area (Å²) in [6.45, 7) is 0. The first-order chi connectivity index (χ1) is 9.33. The van der Waals surface area contributed by atoms with Crippen molar-refractivity contribution in [1.29, 1.82) is 0 Å². The van der Waals surface area contributed by atoms with E-state index in [4.69, 9.17) is 11.6 Å². The summed E-state index contributed by atoms with van der Waals surface area (Å²) in [6.07, 6.45) is 3.47. The molecular formula is C15H12ClN4Pt-. The van der Waals surface area contributed by atoms with E-state index in [1.807, 2.05) is 36.4 Å². The number of hydrogen-bond acceptors (Lipinski definition) is 3. The summed E-state index contributed by atoms with van der Waals surface area (Å²) in [5.74, 6) is 0. The first-order valence-corrected chi connectivity index (χ1v) is 6.21. The fourth-order valence-electron chi connectivity index (χ4n) is 1.79. The van der Waals surface area contributed by atoms with Crippen LogP contribution in [0.4, 0.5) is 0 Å². The quantitative estimate of drug-likeness (QED) is 0.541. The summed E-state index contributed by atoms with van der Waals surface area (Å²) in [5, 5.41) is 0.622. The number of rotatable bonds is 2. The third-order valence-corrected chi connectivity index (χ3v) is 2.86. The molecule has 0 aliphatic rings. The molecule has 2 N–H and O–H groups in total. The Hall–Kier alpha value is -1.61. The number of nitrogens with two attached hydrogens (primary N) is 1. The zero-order valence-electron chi connectivity index (χ0n) is 10.9. The number of nitrogens with zero attached hydrogens (tertiary/aromatic N) is 3. The zero-order valence-corrected chi connectivity index (χ0v) is 13.9. The molecule has 0 bridgehead atoms. The molecule has 6 heteroatoms. The molecule has 0 amide bonds. The molecule has 3 aromatic heterocycles. The molecule has 3 rings (SSSR count). The molecule has 0 saturated carbocycles. The maximum absolute atomic E-state index is 6.15. The average molecular weight is 479 g/mol. The van der Waals surface area contributed by atoms with Crippen molar-refractivity contribution in [3.8, 4) is 22.8 Å². The van der Waals surface area contributed by atoms with E-state index < -0.39 is 0 Å². The zero-order chi connectivity index (χ0) is 13.1. The summed E-state index contributed by atoms with van der Waals surface area (Å²) in [6, 6.07) is 15.0. The smallest absolute Gasteiger partial charge is 0.0909 e. The van der Waals surface area contributed by atoms with Crippen molar-refractivity contribution >= 4 is 11.6 Å².